The average molecular weight is 548 g/mol. The maximum absolute atomic E-state index is 14.1. The Balaban J connectivity index is 1.39. The lowest BCUT2D eigenvalue weighted by Gasteiger charge is -2.44. The van der Waals surface area contributed by atoms with Crippen molar-refractivity contribution >= 4 is 34.6 Å². The molecule has 0 unspecified atom stereocenters. The molecule has 2 heterocycles. The molecule has 0 N–H and O–H groups in total. The number of nitrogens with zero attached hydrogens (tertiary/aromatic N) is 3. The van der Waals surface area contributed by atoms with E-state index < -0.39 is 11.3 Å². The fourth-order valence-electron chi connectivity index (χ4n) is 6.38. The summed E-state index contributed by atoms with van der Waals surface area (Å²) in [6.07, 6.45) is 3.12. The number of carbonyl (C=O) groups is 4. The van der Waals surface area contributed by atoms with Crippen molar-refractivity contribution in [3.8, 4) is 0 Å². The van der Waals surface area contributed by atoms with Crippen LogP contribution in [0.25, 0.3) is 10.8 Å². The first kappa shape index (κ1) is 27.7. The quantitative estimate of drug-likeness (QED) is 0.484. The van der Waals surface area contributed by atoms with Crippen LogP contribution in [0.5, 0.6) is 0 Å². The summed E-state index contributed by atoms with van der Waals surface area (Å²) in [4.78, 5) is 58.0. The van der Waals surface area contributed by atoms with Crippen molar-refractivity contribution in [3.05, 3.63) is 59.8 Å². The van der Waals surface area contributed by atoms with E-state index in [1.54, 1.807) is 28.5 Å². The van der Waals surface area contributed by atoms with Crippen molar-refractivity contribution in [2.75, 3.05) is 39.4 Å². The predicted octanol–water partition coefficient (Wildman–Crippen LogP) is 4.11. The number of amides is 3. The molecule has 2 saturated heterocycles. The summed E-state index contributed by atoms with van der Waals surface area (Å²) in [5.41, 5.74) is 0.747. The van der Waals surface area contributed by atoms with Gasteiger partial charge in [-0.15, -0.1) is 0 Å². The van der Waals surface area contributed by atoms with Crippen LogP contribution in [0.15, 0.2) is 54.2 Å². The van der Waals surface area contributed by atoms with Crippen LogP contribution in [0.2, 0.25) is 0 Å². The Labute approximate surface area is 234 Å². The molecule has 2 atom stereocenters. The van der Waals surface area contributed by atoms with Gasteiger partial charge in [-0.2, -0.15) is 0 Å². The van der Waals surface area contributed by atoms with Gasteiger partial charge >= 0.3 is 12.1 Å². The normalized spacial score (nSPS) is 22.6. The summed E-state index contributed by atoms with van der Waals surface area (Å²) in [5.74, 6) is -1.25. The number of ether oxygens (including phenoxy) is 2. The van der Waals surface area contributed by atoms with Crippen LogP contribution >= 0.6 is 0 Å². The first-order chi connectivity index (χ1) is 19.4. The number of rotatable bonds is 7. The highest BCUT2D eigenvalue weighted by atomic mass is 16.6. The molecule has 0 radical (unpaired) electrons. The molecule has 40 heavy (non-hydrogen) atoms. The van der Waals surface area contributed by atoms with Crippen LogP contribution in [0.3, 0.4) is 0 Å². The van der Waals surface area contributed by atoms with Crippen LogP contribution in [-0.2, 0) is 30.4 Å². The molecule has 9 heteroatoms. The molecule has 2 aromatic carbocycles. The third kappa shape index (κ3) is 5.17. The molecule has 212 valence electrons. The molecule has 0 spiro atoms. The van der Waals surface area contributed by atoms with Gasteiger partial charge in [0.15, 0.2) is 0 Å². The minimum Gasteiger partial charge on any atom is -0.465 e. The Hall–Kier alpha value is -3.88. The average Bonchev–Trinajstić information content (AvgIpc) is 3.40. The van der Waals surface area contributed by atoms with Crippen molar-refractivity contribution in [2.24, 2.45) is 11.3 Å². The maximum atomic E-state index is 14.1. The first-order valence-electron chi connectivity index (χ1n) is 14.2. The second-order valence-electron chi connectivity index (χ2n) is 10.7. The molecule has 2 aliphatic heterocycles. The number of likely N-dealkylation sites (tertiary alicyclic amines) is 1. The van der Waals surface area contributed by atoms with Crippen molar-refractivity contribution in [1.82, 2.24) is 14.7 Å². The number of allylic oxidation sites excluding steroid dienone is 1. The van der Waals surface area contributed by atoms with E-state index in [9.17, 15) is 19.2 Å². The number of esters is 1. The Morgan fingerprint density at radius 3 is 2.38 bits per heavy atom. The Bertz CT molecular complexity index is 1330. The minimum atomic E-state index is -0.942. The van der Waals surface area contributed by atoms with Crippen LogP contribution in [-0.4, -0.2) is 78.0 Å². The maximum Gasteiger partial charge on any atom is 0.409 e. The number of piperidine rings is 1. The van der Waals surface area contributed by atoms with E-state index in [0.717, 1.165) is 16.3 Å². The van der Waals surface area contributed by atoms with Gasteiger partial charge in [-0.05, 0) is 49.4 Å². The molecule has 5 rings (SSSR count). The summed E-state index contributed by atoms with van der Waals surface area (Å²) in [6, 6.07) is 14.1. The zero-order valence-corrected chi connectivity index (χ0v) is 23.3. The van der Waals surface area contributed by atoms with E-state index in [4.69, 9.17) is 9.47 Å². The summed E-state index contributed by atoms with van der Waals surface area (Å²) < 4.78 is 10.6. The van der Waals surface area contributed by atoms with Gasteiger partial charge in [0.1, 0.15) is 5.41 Å². The van der Waals surface area contributed by atoms with E-state index >= 15 is 0 Å². The minimum absolute atomic E-state index is 0.0126. The van der Waals surface area contributed by atoms with Crippen LogP contribution in [0, 0.1) is 11.3 Å². The van der Waals surface area contributed by atoms with Gasteiger partial charge in [0.05, 0.1) is 19.8 Å². The van der Waals surface area contributed by atoms with E-state index in [2.05, 4.69) is 0 Å². The van der Waals surface area contributed by atoms with Gasteiger partial charge in [-0.1, -0.05) is 48.5 Å². The fraction of sp³-hybridized carbons (Fsp3) is 0.484. The van der Waals surface area contributed by atoms with Gasteiger partial charge in [-0.3, -0.25) is 14.4 Å². The van der Waals surface area contributed by atoms with E-state index in [1.807, 2.05) is 48.5 Å². The monoisotopic (exact) mass is 547 g/mol. The molecule has 3 amide bonds. The van der Waals surface area contributed by atoms with Crippen LogP contribution in [0.1, 0.15) is 45.1 Å². The molecule has 0 saturated carbocycles. The molecular weight excluding hydrogens is 510 g/mol. The van der Waals surface area contributed by atoms with Crippen molar-refractivity contribution in [1.29, 1.82) is 0 Å². The second-order valence-corrected chi connectivity index (χ2v) is 10.7. The highest BCUT2D eigenvalue weighted by molar-refractivity contribution is 5.93. The van der Waals surface area contributed by atoms with Crippen LogP contribution in [0.4, 0.5) is 4.79 Å². The zero-order valence-electron chi connectivity index (χ0n) is 23.3. The molecule has 0 aromatic heterocycles. The van der Waals surface area contributed by atoms with Gasteiger partial charge in [-0.25, -0.2) is 4.79 Å². The lowest BCUT2D eigenvalue weighted by molar-refractivity contribution is -0.161. The molecule has 9 nitrogen and oxygen atoms in total. The summed E-state index contributed by atoms with van der Waals surface area (Å²) in [5, 5.41) is 2.13. The van der Waals surface area contributed by atoms with Crippen molar-refractivity contribution in [3.63, 3.8) is 0 Å². The predicted molar refractivity (Wildman–Crippen MR) is 149 cm³/mol. The smallest absolute Gasteiger partial charge is 0.409 e. The van der Waals surface area contributed by atoms with Crippen molar-refractivity contribution < 1.29 is 28.7 Å². The second kappa shape index (κ2) is 11.7. The molecular formula is C31H37N3O6. The Kier molecular flexibility index (Phi) is 8.09. The van der Waals surface area contributed by atoms with E-state index in [1.165, 1.54) is 0 Å². The summed E-state index contributed by atoms with van der Waals surface area (Å²) in [6.45, 7) is 5.94. The Morgan fingerprint density at radius 1 is 0.925 bits per heavy atom. The number of carbonyl (C=O) groups excluding carboxylic acids is 4. The highest BCUT2D eigenvalue weighted by Gasteiger charge is 2.55. The first-order valence-corrected chi connectivity index (χ1v) is 14.2. The lowest BCUT2D eigenvalue weighted by atomic mass is 9.71. The Morgan fingerprint density at radius 2 is 1.62 bits per heavy atom. The standard InChI is InChI=1S/C31H37N3O6/c1-3-39-29(37)31-14-8-13-26(31)34(21-23-11-7-10-22-9-5-6-12-25(22)23)28(36)24(20-31)19-27(35)32-15-17-33(18-16-32)30(38)40-4-2/h5-7,9-13,24H,3-4,8,14-21H2,1-2H3/t24-,31+/m1/s1. The molecule has 2 fully saturated rings. The number of fused-ring (bicyclic) bond motifs is 2. The third-order valence-electron chi connectivity index (χ3n) is 8.35. The summed E-state index contributed by atoms with van der Waals surface area (Å²) >= 11 is 0. The lowest BCUT2D eigenvalue weighted by Crippen LogP contribution is -2.54. The molecule has 1 aliphatic carbocycles. The van der Waals surface area contributed by atoms with Crippen molar-refractivity contribution in [2.45, 2.75) is 46.1 Å². The van der Waals surface area contributed by atoms with E-state index in [-0.39, 0.29) is 43.3 Å². The molecule has 0 bridgehead atoms. The number of hydrogen-bond acceptors (Lipinski definition) is 6. The van der Waals surface area contributed by atoms with Gasteiger partial charge < -0.3 is 24.2 Å². The third-order valence-corrected chi connectivity index (χ3v) is 8.35. The zero-order chi connectivity index (χ0) is 28.3. The van der Waals surface area contributed by atoms with Crippen LogP contribution < -0.4 is 0 Å². The van der Waals surface area contributed by atoms with E-state index in [0.29, 0.717) is 57.9 Å². The SMILES string of the molecule is CCOC(=O)N1CCN(C(=O)C[C@@H]2C[C@@]3(C(=O)OCC)CCC=C3N(Cc3cccc4ccccc34)C2=O)CC1. The highest BCUT2D eigenvalue weighted by Crippen LogP contribution is 2.51. The van der Waals surface area contributed by atoms with Gasteiger partial charge in [0.25, 0.3) is 0 Å². The number of piperazine rings is 1. The number of hydrogen-bond donors (Lipinski definition) is 0. The van der Waals surface area contributed by atoms with Gasteiger partial charge in [0.2, 0.25) is 11.8 Å². The number of benzene rings is 2. The molecule has 3 aliphatic rings. The van der Waals surface area contributed by atoms with Gasteiger partial charge in [0, 0.05) is 44.2 Å². The fourth-order valence-corrected chi connectivity index (χ4v) is 6.38. The molecule has 2 aromatic rings. The summed E-state index contributed by atoms with van der Waals surface area (Å²) in [7, 11) is 0. The topological polar surface area (TPSA) is 96.5 Å². The largest absolute Gasteiger partial charge is 0.465 e.